The Hall–Kier alpha value is -1.26. The van der Waals surface area contributed by atoms with Crippen LogP contribution in [0.1, 0.15) is 10.4 Å². The van der Waals surface area contributed by atoms with Crippen molar-refractivity contribution in [2.75, 3.05) is 5.73 Å². The van der Waals surface area contributed by atoms with E-state index in [0.29, 0.717) is 5.02 Å². The highest BCUT2D eigenvalue weighted by Crippen LogP contribution is 2.17. The third-order valence-corrected chi connectivity index (χ3v) is 1.48. The lowest BCUT2D eigenvalue weighted by Crippen LogP contribution is -2.01. The highest BCUT2D eigenvalue weighted by Gasteiger charge is 2.06. The minimum atomic E-state index is -1.04. The van der Waals surface area contributed by atoms with Crippen LogP contribution in [0.2, 0.25) is 5.02 Å². The minimum Gasteiger partial charge on any atom is -0.478 e. The number of carbonyl (C=O) groups is 1. The molecular formula is C7H9ClN2O2. The summed E-state index contributed by atoms with van der Waals surface area (Å²) >= 11 is 5.55. The summed E-state index contributed by atoms with van der Waals surface area (Å²) in [6, 6.07) is 4.27. The number of rotatable bonds is 1. The molecule has 4 nitrogen and oxygen atoms in total. The predicted octanol–water partition coefficient (Wildman–Crippen LogP) is 1.78. The van der Waals surface area contributed by atoms with Crippen molar-refractivity contribution in [1.29, 1.82) is 0 Å². The normalized spacial score (nSPS) is 8.75. The Morgan fingerprint density at radius 3 is 2.50 bits per heavy atom. The fraction of sp³-hybridized carbons (Fsp3) is 0. The molecule has 0 radical (unpaired) electrons. The first-order chi connectivity index (χ1) is 5.11. The van der Waals surface area contributed by atoms with Gasteiger partial charge in [-0.05, 0) is 18.2 Å². The van der Waals surface area contributed by atoms with Gasteiger partial charge in [-0.2, -0.15) is 0 Å². The number of hydrogen-bond donors (Lipinski definition) is 3. The number of nitrogen functional groups attached to an aromatic ring is 1. The van der Waals surface area contributed by atoms with E-state index in [1.165, 1.54) is 18.2 Å². The third kappa shape index (κ3) is 2.11. The predicted molar refractivity (Wildman–Crippen MR) is 47.8 cm³/mol. The molecule has 0 saturated carbocycles. The number of anilines is 1. The van der Waals surface area contributed by atoms with Crippen molar-refractivity contribution < 1.29 is 9.90 Å². The molecule has 0 aliphatic heterocycles. The second-order valence-corrected chi connectivity index (χ2v) is 2.47. The third-order valence-electron chi connectivity index (χ3n) is 1.24. The van der Waals surface area contributed by atoms with Crippen molar-refractivity contribution in [3.63, 3.8) is 0 Å². The Labute approximate surface area is 74.5 Å². The number of carboxylic acids is 1. The van der Waals surface area contributed by atoms with Gasteiger partial charge >= 0.3 is 5.97 Å². The van der Waals surface area contributed by atoms with Gasteiger partial charge in [0.25, 0.3) is 0 Å². The van der Waals surface area contributed by atoms with Gasteiger partial charge in [0.15, 0.2) is 0 Å². The Balaban J connectivity index is 0.00000121. The number of benzene rings is 1. The average molecular weight is 189 g/mol. The SMILES string of the molecule is N.Nc1cc(Cl)ccc1C(=O)O. The van der Waals surface area contributed by atoms with Gasteiger partial charge in [0.2, 0.25) is 0 Å². The molecule has 0 bridgehead atoms. The zero-order valence-corrected chi connectivity index (χ0v) is 7.01. The molecule has 0 aromatic heterocycles. The Kier molecular flexibility index (Phi) is 3.53. The van der Waals surface area contributed by atoms with Gasteiger partial charge in [0.05, 0.1) is 5.56 Å². The van der Waals surface area contributed by atoms with E-state index in [0.717, 1.165) is 0 Å². The summed E-state index contributed by atoms with van der Waals surface area (Å²) in [6.07, 6.45) is 0. The zero-order valence-electron chi connectivity index (χ0n) is 6.25. The maximum Gasteiger partial charge on any atom is 0.337 e. The summed E-state index contributed by atoms with van der Waals surface area (Å²) < 4.78 is 0. The van der Waals surface area contributed by atoms with Crippen molar-refractivity contribution in [3.8, 4) is 0 Å². The zero-order chi connectivity index (χ0) is 8.43. The van der Waals surface area contributed by atoms with Crippen molar-refractivity contribution in [2.45, 2.75) is 0 Å². The molecule has 0 fully saturated rings. The van der Waals surface area contributed by atoms with Crippen LogP contribution in [0.25, 0.3) is 0 Å². The first kappa shape index (κ1) is 10.7. The van der Waals surface area contributed by atoms with E-state index in [1.807, 2.05) is 0 Å². The van der Waals surface area contributed by atoms with Crippen LogP contribution >= 0.6 is 11.6 Å². The molecule has 66 valence electrons. The lowest BCUT2D eigenvalue weighted by molar-refractivity contribution is 0.0698. The quantitative estimate of drug-likeness (QED) is 0.585. The molecule has 12 heavy (non-hydrogen) atoms. The largest absolute Gasteiger partial charge is 0.478 e. The Morgan fingerprint density at radius 1 is 1.50 bits per heavy atom. The highest BCUT2D eigenvalue weighted by atomic mass is 35.5. The van der Waals surface area contributed by atoms with E-state index in [2.05, 4.69) is 0 Å². The molecule has 0 aliphatic rings. The van der Waals surface area contributed by atoms with Gasteiger partial charge in [-0.3, -0.25) is 0 Å². The average Bonchev–Trinajstić information content (AvgIpc) is 1.85. The van der Waals surface area contributed by atoms with Crippen molar-refractivity contribution >= 4 is 23.3 Å². The Bertz CT molecular complexity index is 301. The summed E-state index contributed by atoms with van der Waals surface area (Å²) in [5.74, 6) is -1.04. The lowest BCUT2D eigenvalue weighted by atomic mass is 10.2. The van der Waals surface area contributed by atoms with Gasteiger partial charge in [-0.15, -0.1) is 0 Å². The number of hydrogen-bond acceptors (Lipinski definition) is 3. The van der Waals surface area contributed by atoms with Crippen molar-refractivity contribution in [2.24, 2.45) is 0 Å². The second kappa shape index (κ2) is 3.94. The smallest absolute Gasteiger partial charge is 0.337 e. The lowest BCUT2D eigenvalue weighted by Gasteiger charge is -1.98. The van der Waals surface area contributed by atoms with Crippen LogP contribution in [0.4, 0.5) is 5.69 Å². The topological polar surface area (TPSA) is 98.3 Å². The molecule has 6 N–H and O–H groups in total. The number of halogens is 1. The summed E-state index contributed by atoms with van der Waals surface area (Å²) in [5.41, 5.74) is 5.62. The van der Waals surface area contributed by atoms with Crippen LogP contribution < -0.4 is 11.9 Å². The first-order valence-corrected chi connectivity index (χ1v) is 3.27. The molecule has 0 amide bonds. The molecule has 1 rings (SSSR count). The first-order valence-electron chi connectivity index (χ1n) is 2.89. The molecule has 5 heteroatoms. The number of aromatic carboxylic acids is 1. The van der Waals surface area contributed by atoms with Crippen LogP contribution in [-0.2, 0) is 0 Å². The number of carboxylic acid groups (broad SMARTS) is 1. The molecule has 1 aromatic carbocycles. The Morgan fingerprint density at radius 2 is 2.08 bits per heavy atom. The standard InChI is InChI=1S/C7H6ClNO2.H3N/c8-4-1-2-5(7(10)11)6(9)3-4;/h1-3H,9H2,(H,10,11);1H3. The molecule has 1 aromatic rings. The van der Waals surface area contributed by atoms with Gasteiger partial charge in [-0.25, -0.2) is 4.79 Å². The van der Waals surface area contributed by atoms with Crippen LogP contribution in [0, 0.1) is 0 Å². The van der Waals surface area contributed by atoms with E-state index in [4.69, 9.17) is 22.4 Å². The van der Waals surface area contributed by atoms with Crippen LogP contribution in [0.3, 0.4) is 0 Å². The molecule has 0 unspecified atom stereocenters. The van der Waals surface area contributed by atoms with Crippen LogP contribution in [0.5, 0.6) is 0 Å². The fourth-order valence-corrected chi connectivity index (χ4v) is 0.909. The molecule has 0 spiro atoms. The molecule has 0 saturated heterocycles. The monoisotopic (exact) mass is 188 g/mol. The maximum absolute atomic E-state index is 10.4. The maximum atomic E-state index is 10.4. The van der Waals surface area contributed by atoms with Gasteiger partial charge < -0.3 is 17.0 Å². The minimum absolute atomic E-state index is 0. The molecule has 0 aliphatic carbocycles. The van der Waals surface area contributed by atoms with Gasteiger partial charge in [-0.1, -0.05) is 11.6 Å². The van der Waals surface area contributed by atoms with Crippen LogP contribution in [0.15, 0.2) is 18.2 Å². The van der Waals surface area contributed by atoms with E-state index in [-0.39, 0.29) is 17.4 Å². The summed E-state index contributed by atoms with van der Waals surface area (Å²) in [4.78, 5) is 10.4. The highest BCUT2D eigenvalue weighted by molar-refractivity contribution is 6.31. The fourth-order valence-electron chi connectivity index (χ4n) is 0.728. The summed E-state index contributed by atoms with van der Waals surface area (Å²) in [5, 5.41) is 8.97. The summed E-state index contributed by atoms with van der Waals surface area (Å²) in [7, 11) is 0. The van der Waals surface area contributed by atoms with E-state index >= 15 is 0 Å². The summed E-state index contributed by atoms with van der Waals surface area (Å²) in [6.45, 7) is 0. The second-order valence-electron chi connectivity index (χ2n) is 2.04. The number of nitrogens with two attached hydrogens (primary N) is 1. The van der Waals surface area contributed by atoms with Gasteiger partial charge in [0.1, 0.15) is 0 Å². The van der Waals surface area contributed by atoms with E-state index in [9.17, 15) is 4.79 Å². The molecule has 0 heterocycles. The van der Waals surface area contributed by atoms with Gasteiger partial charge in [0, 0.05) is 10.7 Å². The van der Waals surface area contributed by atoms with Crippen LogP contribution in [-0.4, -0.2) is 11.1 Å². The molecule has 0 atom stereocenters. The molecular weight excluding hydrogens is 180 g/mol. The van der Waals surface area contributed by atoms with E-state index < -0.39 is 5.97 Å². The van der Waals surface area contributed by atoms with Crippen molar-refractivity contribution in [3.05, 3.63) is 28.8 Å². The van der Waals surface area contributed by atoms with Crippen molar-refractivity contribution in [1.82, 2.24) is 6.15 Å². The van der Waals surface area contributed by atoms with E-state index in [1.54, 1.807) is 0 Å².